The molecule has 1 aliphatic heterocycles. The number of nitrogens with zero attached hydrogens (tertiary/aromatic N) is 2. The maximum Gasteiger partial charge on any atom is 0.250 e. The smallest absolute Gasteiger partial charge is 0.250 e. The van der Waals surface area contributed by atoms with Gasteiger partial charge in [-0.2, -0.15) is 0 Å². The third-order valence-corrected chi connectivity index (χ3v) is 6.52. The first-order valence-corrected chi connectivity index (χ1v) is 12.3. The van der Waals surface area contributed by atoms with Gasteiger partial charge in [0.25, 0.3) is 0 Å². The Morgan fingerprint density at radius 3 is 2.59 bits per heavy atom. The van der Waals surface area contributed by atoms with Crippen molar-refractivity contribution in [3.63, 3.8) is 0 Å². The van der Waals surface area contributed by atoms with Crippen LogP contribution in [0.25, 0.3) is 10.9 Å². The molecule has 0 saturated carbocycles. The molecule has 1 aromatic heterocycles. The molecule has 0 bridgehead atoms. The second-order valence-corrected chi connectivity index (χ2v) is 9.24. The normalized spacial score (nSPS) is 18.8. The highest BCUT2D eigenvalue weighted by molar-refractivity contribution is 5.99. The Hall–Kier alpha value is -3.86. The first-order valence-electron chi connectivity index (χ1n) is 12.3. The quantitative estimate of drug-likeness (QED) is 0.284. The van der Waals surface area contributed by atoms with Crippen molar-refractivity contribution in [1.82, 2.24) is 15.2 Å². The minimum atomic E-state index is -1.37. The van der Waals surface area contributed by atoms with Gasteiger partial charge < -0.3 is 32.1 Å². The molecule has 0 aliphatic carbocycles. The number of hydrogen-bond donors (Lipinski definition) is 5. The highest BCUT2D eigenvalue weighted by Gasteiger charge is 2.41. The van der Waals surface area contributed by atoms with Crippen LogP contribution in [0.3, 0.4) is 0 Å². The predicted octanol–water partition coefficient (Wildman–Crippen LogP) is 0.539. The van der Waals surface area contributed by atoms with Crippen LogP contribution in [0.2, 0.25) is 0 Å². The van der Waals surface area contributed by atoms with E-state index >= 15 is 0 Å². The molecule has 7 N–H and O–H groups in total. The van der Waals surface area contributed by atoms with E-state index in [1.807, 2.05) is 60.7 Å². The van der Waals surface area contributed by atoms with Crippen LogP contribution in [-0.4, -0.2) is 70.0 Å². The number of rotatable bonds is 9. The molecule has 10 nitrogen and oxygen atoms in total. The van der Waals surface area contributed by atoms with Crippen LogP contribution in [-0.2, 0) is 20.8 Å². The van der Waals surface area contributed by atoms with Crippen molar-refractivity contribution in [3.05, 3.63) is 72.4 Å². The lowest BCUT2D eigenvalue weighted by Gasteiger charge is -2.26. The highest BCUT2D eigenvalue weighted by Crippen LogP contribution is 2.23. The summed E-state index contributed by atoms with van der Waals surface area (Å²) in [6.07, 6.45) is 1.39. The number of fused-ring (bicyclic) bond motifs is 1. The third-order valence-electron chi connectivity index (χ3n) is 6.52. The van der Waals surface area contributed by atoms with Gasteiger partial charge in [-0.3, -0.25) is 19.4 Å². The molecule has 10 heteroatoms. The van der Waals surface area contributed by atoms with Gasteiger partial charge in [0, 0.05) is 24.5 Å². The van der Waals surface area contributed by atoms with E-state index in [9.17, 15) is 19.5 Å². The molecule has 194 valence electrons. The zero-order chi connectivity index (χ0) is 26.4. The summed E-state index contributed by atoms with van der Waals surface area (Å²) in [5, 5.41) is 16.2. The molecule has 0 radical (unpaired) electrons. The molecule has 3 aromatic rings. The molecule has 37 heavy (non-hydrogen) atoms. The lowest BCUT2D eigenvalue weighted by atomic mass is 10.0. The Labute approximate surface area is 215 Å². The summed E-state index contributed by atoms with van der Waals surface area (Å²) in [5.41, 5.74) is 14.0. The number of aromatic nitrogens is 1. The average Bonchev–Trinajstić information content (AvgIpc) is 3.35. The van der Waals surface area contributed by atoms with E-state index in [0.717, 1.165) is 16.5 Å². The predicted molar refractivity (Wildman–Crippen MR) is 140 cm³/mol. The SMILES string of the molecule is NC[C@H](O)C(=O)N[C@@H]1C[C@@H](C(=O)Nc2cnc3ccccc3c2)N(C(=O)[C@@H](N)CCc2ccccc2)C1. The first kappa shape index (κ1) is 26.2. The van der Waals surface area contributed by atoms with Crippen molar-refractivity contribution in [2.75, 3.05) is 18.4 Å². The molecular formula is C27H32N6O4. The maximum absolute atomic E-state index is 13.4. The molecule has 0 spiro atoms. The van der Waals surface area contributed by atoms with Gasteiger partial charge in [0.1, 0.15) is 12.1 Å². The summed E-state index contributed by atoms with van der Waals surface area (Å²) >= 11 is 0. The number of pyridine rings is 1. The molecule has 1 saturated heterocycles. The Bertz CT molecular complexity index is 1250. The molecule has 2 aromatic carbocycles. The second-order valence-electron chi connectivity index (χ2n) is 9.24. The summed E-state index contributed by atoms with van der Waals surface area (Å²) in [5.74, 6) is -1.42. The number of aryl methyl sites for hydroxylation is 1. The fraction of sp³-hybridized carbons (Fsp3) is 0.333. The van der Waals surface area contributed by atoms with Crippen LogP contribution in [0.4, 0.5) is 5.69 Å². The van der Waals surface area contributed by atoms with Crippen LogP contribution in [0.5, 0.6) is 0 Å². The maximum atomic E-state index is 13.4. The van der Waals surface area contributed by atoms with Crippen LogP contribution < -0.4 is 22.1 Å². The fourth-order valence-corrected chi connectivity index (χ4v) is 4.51. The molecule has 3 amide bonds. The summed E-state index contributed by atoms with van der Waals surface area (Å²) in [4.78, 5) is 44.7. The molecule has 0 unspecified atom stereocenters. The van der Waals surface area contributed by atoms with Gasteiger partial charge in [-0.05, 0) is 37.0 Å². The summed E-state index contributed by atoms with van der Waals surface area (Å²) in [6, 6.07) is 16.8. The van der Waals surface area contributed by atoms with Crippen molar-refractivity contribution in [3.8, 4) is 0 Å². The number of amides is 3. The van der Waals surface area contributed by atoms with Gasteiger partial charge in [0.15, 0.2) is 0 Å². The Balaban J connectivity index is 1.48. The largest absolute Gasteiger partial charge is 0.382 e. The minimum absolute atomic E-state index is 0.0922. The molecule has 4 rings (SSSR count). The van der Waals surface area contributed by atoms with Crippen molar-refractivity contribution >= 4 is 34.3 Å². The molecule has 1 fully saturated rings. The molecule has 2 heterocycles. The van der Waals surface area contributed by atoms with E-state index in [-0.39, 0.29) is 25.4 Å². The average molecular weight is 505 g/mol. The minimum Gasteiger partial charge on any atom is -0.382 e. The van der Waals surface area contributed by atoms with Crippen molar-refractivity contribution in [1.29, 1.82) is 0 Å². The first-order chi connectivity index (χ1) is 17.9. The van der Waals surface area contributed by atoms with Crippen LogP contribution in [0.15, 0.2) is 66.9 Å². The van der Waals surface area contributed by atoms with E-state index in [1.165, 1.54) is 4.90 Å². The second kappa shape index (κ2) is 11.9. The van der Waals surface area contributed by atoms with Crippen molar-refractivity contribution in [2.24, 2.45) is 11.5 Å². The number of nitrogens with one attached hydrogen (secondary N) is 2. The standard InChI is InChI=1S/C27H32N6O4/c28-14-24(34)26(36)32-20-13-23(25(35)31-19-12-18-8-4-5-9-22(18)30-15-19)33(16-20)27(37)21(29)11-10-17-6-2-1-3-7-17/h1-9,12,15,20-21,23-24,34H,10-11,13-14,16,28-29H2,(H,31,35)(H,32,36)/t20-,21+,23+,24+/m1/s1. The number of likely N-dealkylation sites (tertiary alicyclic amines) is 1. The van der Waals surface area contributed by atoms with E-state index in [1.54, 1.807) is 6.20 Å². The van der Waals surface area contributed by atoms with Gasteiger partial charge >= 0.3 is 0 Å². The van der Waals surface area contributed by atoms with Gasteiger partial charge in [-0.1, -0.05) is 48.5 Å². The lowest BCUT2D eigenvalue weighted by molar-refractivity contribution is -0.138. The van der Waals surface area contributed by atoms with Crippen LogP contribution in [0.1, 0.15) is 18.4 Å². The van der Waals surface area contributed by atoms with Crippen LogP contribution in [0, 0.1) is 0 Å². The zero-order valence-corrected chi connectivity index (χ0v) is 20.4. The van der Waals surface area contributed by atoms with E-state index in [2.05, 4.69) is 15.6 Å². The number of anilines is 1. The van der Waals surface area contributed by atoms with E-state index in [0.29, 0.717) is 18.5 Å². The highest BCUT2D eigenvalue weighted by atomic mass is 16.3. The number of aliphatic hydroxyl groups is 1. The van der Waals surface area contributed by atoms with Gasteiger partial charge in [-0.15, -0.1) is 0 Å². The van der Waals surface area contributed by atoms with Gasteiger partial charge in [0.05, 0.1) is 23.4 Å². The third kappa shape index (κ3) is 6.48. The van der Waals surface area contributed by atoms with E-state index in [4.69, 9.17) is 11.5 Å². The number of nitrogens with two attached hydrogens (primary N) is 2. The van der Waals surface area contributed by atoms with Gasteiger partial charge in [-0.25, -0.2) is 0 Å². The van der Waals surface area contributed by atoms with Gasteiger partial charge in [0.2, 0.25) is 17.7 Å². The number of hydrogen-bond acceptors (Lipinski definition) is 7. The van der Waals surface area contributed by atoms with E-state index < -0.39 is 36.0 Å². The molecule has 4 atom stereocenters. The Morgan fingerprint density at radius 2 is 1.84 bits per heavy atom. The topological polar surface area (TPSA) is 164 Å². The Morgan fingerprint density at radius 1 is 1.11 bits per heavy atom. The zero-order valence-electron chi connectivity index (χ0n) is 20.4. The molecule has 1 aliphatic rings. The number of carbonyl (C=O) groups excluding carboxylic acids is 3. The number of para-hydroxylation sites is 1. The monoisotopic (exact) mass is 504 g/mol. The molecular weight excluding hydrogens is 472 g/mol. The summed E-state index contributed by atoms with van der Waals surface area (Å²) < 4.78 is 0. The van der Waals surface area contributed by atoms with Crippen LogP contribution >= 0.6 is 0 Å². The number of aliphatic hydroxyl groups excluding tert-OH is 1. The summed E-state index contributed by atoms with van der Waals surface area (Å²) in [7, 11) is 0. The summed E-state index contributed by atoms with van der Waals surface area (Å²) in [6.45, 7) is -0.139. The number of carbonyl (C=O) groups is 3. The number of benzene rings is 2. The van der Waals surface area contributed by atoms with Crippen molar-refractivity contribution < 1.29 is 19.5 Å². The Kier molecular flexibility index (Phi) is 8.44. The lowest BCUT2D eigenvalue weighted by Crippen LogP contribution is -2.50. The van der Waals surface area contributed by atoms with Crippen molar-refractivity contribution in [2.45, 2.75) is 43.5 Å². The fourth-order valence-electron chi connectivity index (χ4n) is 4.51.